The number of ether oxygens (including phenoxy) is 1. The van der Waals surface area contributed by atoms with E-state index in [1.54, 1.807) is 45.1 Å². The maximum absolute atomic E-state index is 12.5. The second-order valence-corrected chi connectivity index (χ2v) is 7.91. The quantitative estimate of drug-likeness (QED) is 0.827. The highest BCUT2D eigenvalue weighted by atomic mass is 35.5. The Morgan fingerprint density at radius 2 is 1.82 bits per heavy atom. The van der Waals surface area contributed by atoms with Crippen LogP contribution >= 0.6 is 11.6 Å². The molecule has 0 aliphatic carbocycles. The van der Waals surface area contributed by atoms with Crippen molar-refractivity contribution in [3.05, 3.63) is 41.7 Å². The van der Waals surface area contributed by atoms with E-state index in [-0.39, 0.29) is 12.1 Å². The number of carbonyl (C=O) groups excluding carboxylic acids is 2. The highest BCUT2D eigenvalue weighted by Crippen LogP contribution is 2.24. The van der Waals surface area contributed by atoms with Crippen LogP contribution in [0.3, 0.4) is 0 Å². The molecule has 2 heterocycles. The fourth-order valence-electron chi connectivity index (χ4n) is 2.80. The third-order valence-corrected chi connectivity index (χ3v) is 4.47. The predicted octanol–water partition coefficient (Wildman–Crippen LogP) is 3.61. The molecule has 1 aromatic heterocycles. The zero-order chi connectivity index (χ0) is 20.3. The summed E-state index contributed by atoms with van der Waals surface area (Å²) in [5.74, 6) is 0. The molecule has 0 unspecified atom stereocenters. The van der Waals surface area contributed by atoms with Gasteiger partial charge in [0.05, 0.1) is 10.7 Å². The van der Waals surface area contributed by atoms with Gasteiger partial charge in [-0.2, -0.15) is 5.10 Å². The van der Waals surface area contributed by atoms with Gasteiger partial charge in [0, 0.05) is 44.3 Å². The summed E-state index contributed by atoms with van der Waals surface area (Å²) < 4.78 is 7.03. The van der Waals surface area contributed by atoms with E-state index >= 15 is 0 Å². The van der Waals surface area contributed by atoms with Gasteiger partial charge in [-0.15, -0.1) is 0 Å². The lowest BCUT2D eigenvalue weighted by Gasteiger charge is -2.35. The molecule has 1 aliphatic rings. The largest absolute Gasteiger partial charge is 0.444 e. The van der Waals surface area contributed by atoms with Gasteiger partial charge in [0.25, 0.3) is 0 Å². The first-order valence-corrected chi connectivity index (χ1v) is 9.44. The second-order valence-electron chi connectivity index (χ2n) is 7.50. The van der Waals surface area contributed by atoms with Crippen LogP contribution in [0.4, 0.5) is 15.3 Å². The van der Waals surface area contributed by atoms with Crippen LogP contribution in [0.2, 0.25) is 5.02 Å². The molecule has 1 aliphatic heterocycles. The molecule has 0 saturated carbocycles. The van der Waals surface area contributed by atoms with Gasteiger partial charge in [-0.3, -0.25) is 0 Å². The van der Waals surface area contributed by atoms with E-state index in [0.717, 1.165) is 5.69 Å². The summed E-state index contributed by atoms with van der Waals surface area (Å²) in [6.45, 7) is 7.23. The lowest BCUT2D eigenvalue weighted by atomic mass is 10.2. The zero-order valence-electron chi connectivity index (χ0n) is 16.2. The molecular formula is C19H24ClN5O3. The first kappa shape index (κ1) is 20.0. The third kappa shape index (κ3) is 4.95. The van der Waals surface area contributed by atoms with Gasteiger partial charge in [0.2, 0.25) is 0 Å². The number of hydrogen-bond donors (Lipinski definition) is 1. The van der Waals surface area contributed by atoms with Crippen molar-refractivity contribution in [3.63, 3.8) is 0 Å². The molecule has 8 nitrogen and oxygen atoms in total. The summed E-state index contributed by atoms with van der Waals surface area (Å²) in [5.41, 5.74) is 0.795. The third-order valence-electron chi connectivity index (χ3n) is 4.17. The maximum atomic E-state index is 12.5. The number of halogens is 1. The molecule has 150 valence electrons. The summed E-state index contributed by atoms with van der Waals surface area (Å²) in [4.78, 5) is 27.9. The molecule has 2 aromatic rings. The Kier molecular flexibility index (Phi) is 5.79. The van der Waals surface area contributed by atoms with Gasteiger partial charge in [0.15, 0.2) is 0 Å². The van der Waals surface area contributed by atoms with Gasteiger partial charge in [-0.25, -0.2) is 14.3 Å². The van der Waals surface area contributed by atoms with Crippen LogP contribution in [-0.2, 0) is 4.74 Å². The molecule has 1 saturated heterocycles. The number of aromatic nitrogens is 2. The number of urea groups is 1. The monoisotopic (exact) mass is 405 g/mol. The molecule has 0 bridgehead atoms. The molecule has 1 fully saturated rings. The van der Waals surface area contributed by atoms with Gasteiger partial charge in [-0.05, 0) is 45.0 Å². The predicted molar refractivity (Wildman–Crippen MR) is 107 cm³/mol. The van der Waals surface area contributed by atoms with Crippen molar-refractivity contribution in [1.82, 2.24) is 19.6 Å². The molecule has 0 atom stereocenters. The molecule has 3 rings (SSSR count). The molecular weight excluding hydrogens is 382 g/mol. The fraction of sp³-hybridized carbons (Fsp3) is 0.421. The van der Waals surface area contributed by atoms with Crippen molar-refractivity contribution >= 4 is 29.4 Å². The fourth-order valence-corrected chi connectivity index (χ4v) is 3.07. The first-order chi connectivity index (χ1) is 13.2. The summed E-state index contributed by atoms with van der Waals surface area (Å²) in [7, 11) is 0. The van der Waals surface area contributed by atoms with Crippen LogP contribution in [-0.4, -0.2) is 63.5 Å². The molecule has 1 N–H and O–H groups in total. The summed E-state index contributed by atoms with van der Waals surface area (Å²) >= 11 is 6.31. The second kappa shape index (κ2) is 8.10. The van der Waals surface area contributed by atoms with Crippen LogP contribution in [0, 0.1) is 0 Å². The van der Waals surface area contributed by atoms with E-state index in [2.05, 4.69) is 10.4 Å². The minimum absolute atomic E-state index is 0.230. The van der Waals surface area contributed by atoms with E-state index in [1.165, 1.54) is 0 Å². The van der Waals surface area contributed by atoms with Crippen LogP contribution in [0.1, 0.15) is 20.8 Å². The smallest absolute Gasteiger partial charge is 0.410 e. The van der Waals surface area contributed by atoms with Crippen LogP contribution < -0.4 is 5.32 Å². The zero-order valence-corrected chi connectivity index (χ0v) is 16.9. The summed E-state index contributed by atoms with van der Waals surface area (Å²) in [6, 6.07) is 6.84. The van der Waals surface area contributed by atoms with Gasteiger partial charge in [0.1, 0.15) is 5.60 Å². The number of piperazine rings is 1. The lowest BCUT2D eigenvalue weighted by molar-refractivity contribution is 0.0174. The number of rotatable bonds is 2. The van der Waals surface area contributed by atoms with Crippen molar-refractivity contribution in [1.29, 1.82) is 0 Å². The van der Waals surface area contributed by atoms with E-state index in [9.17, 15) is 9.59 Å². The van der Waals surface area contributed by atoms with Gasteiger partial charge >= 0.3 is 12.1 Å². The Morgan fingerprint density at radius 3 is 2.39 bits per heavy atom. The van der Waals surface area contributed by atoms with Crippen molar-refractivity contribution in [2.24, 2.45) is 0 Å². The minimum Gasteiger partial charge on any atom is -0.444 e. The number of anilines is 1. The Balaban J connectivity index is 1.55. The van der Waals surface area contributed by atoms with E-state index < -0.39 is 5.60 Å². The van der Waals surface area contributed by atoms with Crippen LogP contribution in [0.5, 0.6) is 0 Å². The number of carbonyl (C=O) groups is 2. The molecule has 28 heavy (non-hydrogen) atoms. The summed E-state index contributed by atoms with van der Waals surface area (Å²) in [5, 5.41) is 7.48. The standard InChI is InChI=1S/C19H24ClN5O3/c1-19(2,3)28-18(27)24-11-9-23(10-12-24)17(26)22-14-5-6-16(15(20)13-14)25-8-4-7-21-25/h4-8,13H,9-12H2,1-3H3,(H,22,26). The molecule has 0 radical (unpaired) electrons. The molecule has 9 heteroatoms. The normalized spacial score (nSPS) is 14.7. The molecule has 3 amide bonds. The van der Waals surface area contributed by atoms with Gasteiger partial charge in [-0.1, -0.05) is 11.6 Å². The van der Waals surface area contributed by atoms with Gasteiger partial charge < -0.3 is 19.9 Å². The average Bonchev–Trinajstić information content (AvgIpc) is 3.15. The van der Waals surface area contributed by atoms with E-state index in [4.69, 9.17) is 16.3 Å². The highest BCUT2D eigenvalue weighted by Gasteiger charge is 2.27. The number of nitrogens with zero attached hydrogens (tertiary/aromatic N) is 4. The number of hydrogen-bond acceptors (Lipinski definition) is 4. The average molecular weight is 406 g/mol. The van der Waals surface area contributed by atoms with Crippen LogP contribution in [0.15, 0.2) is 36.7 Å². The molecule has 1 aromatic carbocycles. The SMILES string of the molecule is CC(C)(C)OC(=O)N1CCN(C(=O)Nc2ccc(-n3cccn3)c(Cl)c2)CC1. The number of nitrogens with one attached hydrogen (secondary N) is 1. The minimum atomic E-state index is -0.535. The Bertz CT molecular complexity index is 840. The topological polar surface area (TPSA) is 79.7 Å². The maximum Gasteiger partial charge on any atom is 0.410 e. The Morgan fingerprint density at radius 1 is 1.14 bits per heavy atom. The van der Waals surface area contributed by atoms with Crippen LogP contribution in [0.25, 0.3) is 5.69 Å². The lowest BCUT2D eigenvalue weighted by Crippen LogP contribution is -2.52. The van der Waals surface area contributed by atoms with Crippen molar-refractivity contribution in [2.45, 2.75) is 26.4 Å². The molecule has 0 spiro atoms. The Labute approximate surface area is 169 Å². The van der Waals surface area contributed by atoms with E-state index in [1.807, 2.05) is 26.8 Å². The van der Waals surface area contributed by atoms with Crippen molar-refractivity contribution < 1.29 is 14.3 Å². The number of benzene rings is 1. The van der Waals surface area contributed by atoms with Crippen molar-refractivity contribution in [3.8, 4) is 5.69 Å². The summed E-state index contributed by atoms with van der Waals surface area (Å²) in [6.07, 6.45) is 3.11. The van der Waals surface area contributed by atoms with E-state index in [0.29, 0.717) is 36.9 Å². The first-order valence-electron chi connectivity index (χ1n) is 9.06. The highest BCUT2D eigenvalue weighted by molar-refractivity contribution is 6.32. The number of amides is 3. The van der Waals surface area contributed by atoms with Crippen molar-refractivity contribution in [2.75, 3.05) is 31.5 Å². The Hall–Kier alpha value is -2.74.